The minimum absolute atomic E-state index is 0.112. The van der Waals surface area contributed by atoms with Crippen molar-refractivity contribution in [1.82, 2.24) is 0 Å². The zero-order chi connectivity index (χ0) is 9.86. The van der Waals surface area contributed by atoms with Gasteiger partial charge in [-0.15, -0.1) is 0 Å². The van der Waals surface area contributed by atoms with Crippen LogP contribution in [0.1, 0.15) is 51.4 Å². The highest BCUT2D eigenvalue weighted by Crippen LogP contribution is 2.32. The van der Waals surface area contributed by atoms with Gasteiger partial charge in [-0.2, -0.15) is 0 Å². The first-order valence-corrected chi connectivity index (χ1v) is 6.15. The van der Waals surface area contributed by atoms with Crippen LogP contribution >= 0.6 is 0 Å². The zero-order valence-corrected chi connectivity index (χ0v) is 9.13. The van der Waals surface area contributed by atoms with Crippen LogP contribution in [0, 0.1) is 5.92 Å². The van der Waals surface area contributed by atoms with Crippen LogP contribution in [-0.2, 0) is 4.74 Å². The summed E-state index contributed by atoms with van der Waals surface area (Å²) in [5, 5.41) is 0. The first-order valence-electron chi connectivity index (χ1n) is 6.15. The Balaban J connectivity index is 1.72. The maximum atomic E-state index is 6.36. The molecule has 0 unspecified atom stereocenters. The molecule has 0 atom stereocenters. The standard InChI is InChI=1S/C12H23NO/c13-12(7-9-14-10-8-12)6-5-11-3-1-2-4-11/h11H,1-10,13H2. The smallest absolute Gasteiger partial charge is 0.0483 e. The number of ether oxygens (including phenoxy) is 1. The number of hydrogen-bond acceptors (Lipinski definition) is 2. The molecule has 0 aromatic rings. The van der Waals surface area contributed by atoms with E-state index in [4.69, 9.17) is 10.5 Å². The predicted octanol–water partition coefficient (Wildman–Crippen LogP) is 2.46. The summed E-state index contributed by atoms with van der Waals surface area (Å²) in [6.45, 7) is 1.75. The van der Waals surface area contributed by atoms with Gasteiger partial charge in [0.25, 0.3) is 0 Å². The van der Waals surface area contributed by atoms with E-state index in [1.807, 2.05) is 0 Å². The van der Waals surface area contributed by atoms with Crippen LogP contribution in [0.5, 0.6) is 0 Å². The highest BCUT2D eigenvalue weighted by Gasteiger charge is 2.29. The van der Waals surface area contributed by atoms with E-state index in [0.29, 0.717) is 0 Å². The molecule has 2 nitrogen and oxygen atoms in total. The molecule has 1 aliphatic heterocycles. The first-order chi connectivity index (χ1) is 6.79. The maximum absolute atomic E-state index is 6.36. The van der Waals surface area contributed by atoms with E-state index in [-0.39, 0.29) is 5.54 Å². The summed E-state index contributed by atoms with van der Waals surface area (Å²) in [6, 6.07) is 0. The quantitative estimate of drug-likeness (QED) is 0.754. The van der Waals surface area contributed by atoms with Gasteiger partial charge in [-0.05, 0) is 31.6 Å². The summed E-state index contributed by atoms with van der Waals surface area (Å²) in [4.78, 5) is 0. The molecule has 0 aromatic heterocycles. The summed E-state index contributed by atoms with van der Waals surface area (Å²) >= 11 is 0. The topological polar surface area (TPSA) is 35.2 Å². The van der Waals surface area contributed by atoms with Crippen molar-refractivity contribution in [3.05, 3.63) is 0 Å². The zero-order valence-electron chi connectivity index (χ0n) is 9.13. The van der Waals surface area contributed by atoms with E-state index < -0.39 is 0 Å². The lowest BCUT2D eigenvalue weighted by Gasteiger charge is -2.34. The van der Waals surface area contributed by atoms with Crippen molar-refractivity contribution in [2.75, 3.05) is 13.2 Å². The molecular formula is C12H23NO. The molecule has 2 heteroatoms. The molecule has 0 radical (unpaired) electrons. The normalized spacial score (nSPS) is 28.1. The van der Waals surface area contributed by atoms with Gasteiger partial charge in [0.1, 0.15) is 0 Å². The van der Waals surface area contributed by atoms with Crippen molar-refractivity contribution < 1.29 is 4.74 Å². The van der Waals surface area contributed by atoms with Crippen molar-refractivity contribution in [2.45, 2.75) is 56.9 Å². The second-order valence-corrected chi connectivity index (χ2v) is 5.16. The van der Waals surface area contributed by atoms with E-state index in [9.17, 15) is 0 Å². The van der Waals surface area contributed by atoms with Crippen molar-refractivity contribution >= 4 is 0 Å². The third-order valence-electron chi connectivity index (χ3n) is 4.01. The van der Waals surface area contributed by atoms with Gasteiger partial charge in [-0.1, -0.05) is 25.7 Å². The lowest BCUT2D eigenvalue weighted by molar-refractivity contribution is 0.0479. The largest absolute Gasteiger partial charge is 0.381 e. The fourth-order valence-electron chi connectivity index (χ4n) is 2.82. The predicted molar refractivity (Wildman–Crippen MR) is 58.2 cm³/mol. The summed E-state index contributed by atoms with van der Waals surface area (Å²) < 4.78 is 5.36. The van der Waals surface area contributed by atoms with Crippen molar-refractivity contribution in [1.29, 1.82) is 0 Å². The monoisotopic (exact) mass is 197 g/mol. The van der Waals surface area contributed by atoms with Crippen LogP contribution in [0.2, 0.25) is 0 Å². The maximum Gasteiger partial charge on any atom is 0.0483 e. The Morgan fingerprint density at radius 3 is 2.43 bits per heavy atom. The number of hydrogen-bond donors (Lipinski definition) is 1. The first kappa shape index (κ1) is 10.4. The third-order valence-corrected chi connectivity index (χ3v) is 4.01. The molecule has 14 heavy (non-hydrogen) atoms. The Kier molecular flexibility index (Phi) is 3.45. The lowest BCUT2D eigenvalue weighted by atomic mass is 9.83. The van der Waals surface area contributed by atoms with Gasteiger partial charge >= 0.3 is 0 Å². The van der Waals surface area contributed by atoms with Crippen molar-refractivity contribution in [3.63, 3.8) is 0 Å². The average Bonchev–Trinajstić information content (AvgIpc) is 2.69. The van der Waals surface area contributed by atoms with E-state index in [1.165, 1.54) is 38.5 Å². The van der Waals surface area contributed by atoms with Crippen molar-refractivity contribution in [3.8, 4) is 0 Å². The van der Waals surface area contributed by atoms with Crippen LogP contribution in [-0.4, -0.2) is 18.8 Å². The molecule has 2 aliphatic rings. The molecule has 2 rings (SSSR count). The van der Waals surface area contributed by atoms with E-state index in [1.54, 1.807) is 0 Å². The van der Waals surface area contributed by atoms with Gasteiger partial charge in [0, 0.05) is 18.8 Å². The summed E-state index contributed by atoms with van der Waals surface area (Å²) in [6.07, 6.45) is 10.5. The fraction of sp³-hybridized carbons (Fsp3) is 1.00. The Morgan fingerprint density at radius 1 is 1.14 bits per heavy atom. The summed E-state index contributed by atoms with van der Waals surface area (Å²) in [5.74, 6) is 0.985. The average molecular weight is 197 g/mol. The molecule has 2 fully saturated rings. The highest BCUT2D eigenvalue weighted by atomic mass is 16.5. The fourth-order valence-corrected chi connectivity index (χ4v) is 2.82. The Labute approximate surface area is 87.2 Å². The third kappa shape index (κ3) is 2.71. The molecule has 2 N–H and O–H groups in total. The second-order valence-electron chi connectivity index (χ2n) is 5.16. The lowest BCUT2D eigenvalue weighted by Crippen LogP contribution is -2.45. The molecule has 0 bridgehead atoms. The molecule has 1 saturated heterocycles. The highest BCUT2D eigenvalue weighted by molar-refractivity contribution is 4.87. The van der Waals surface area contributed by atoms with Crippen LogP contribution in [0.15, 0.2) is 0 Å². The molecule has 0 aromatic carbocycles. The van der Waals surface area contributed by atoms with E-state index in [2.05, 4.69) is 0 Å². The van der Waals surface area contributed by atoms with Gasteiger partial charge in [0.05, 0.1) is 0 Å². The van der Waals surface area contributed by atoms with Crippen LogP contribution in [0.4, 0.5) is 0 Å². The molecule has 1 aliphatic carbocycles. The van der Waals surface area contributed by atoms with Gasteiger partial charge in [-0.25, -0.2) is 0 Å². The molecule has 0 spiro atoms. The molecule has 1 heterocycles. The SMILES string of the molecule is NC1(CCC2CCCC2)CCOCC1. The van der Waals surface area contributed by atoms with Gasteiger partial charge in [0.15, 0.2) is 0 Å². The molecule has 0 amide bonds. The van der Waals surface area contributed by atoms with Gasteiger partial charge in [0.2, 0.25) is 0 Å². The molecule has 82 valence electrons. The second kappa shape index (κ2) is 4.63. The summed E-state index contributed by atoms with van der Waals surface area (Å²) in [5.41, 5.74) is 6.47. The molecular weight excluding hydrogens is 174 g/mol. The van der Waals surface area contributed by atoms with Crippen LogP contribution in [0.3, 0.4) is 0 Å². The van der Waals surface area contributed by atoms with Crippen LogP contribution < -0.4 is 5.73 Å². The minimum atomic E-state index is 0.112. The number of rotatable bonds is 3. The minimum Gasteiger partial charge on any atom is -0.381 e. The number of nitrogens with two attached hydrogens (primary N) is 1. The Hall–Kier alpha value is -0.0800. The van der Waals surface area contributed by atoms with E-state index in [0.717, 1.165) is 32.0 Å². The summed E-state index contributed by atoms with van der Waals surface area (Å²) in [7, 11) is 0. The van der Waals surface area contributed by atoms with Gasteiger partial charge < -0.3 is 10.5 Å². The van der Waals surface area contributed by atoms with Gasteiger partial charge in [-0.3, -0.25) is 0 Å². The van der Waals surface area contributed by atoms with E-state index >= 15 is 0 Å². The van der Waals surface area contributed by atoms with Crippen LogP contribution in [0.25, 0.3) is 0 Å². The molecule has 1 saturated carbocycles. The van der Waals surface area contributed by atoms with Crippen molar-refractivity contribution in [2.24, 2.45) is 11.7 Å². The Morgan fingerprint density at radius 2 is 1.79 bits per heavy atom. The Bertz CT molecular complexity index is 169.